The largest absolute Gasteiger partial charge is 0.461 e. The Morgan fingerprint density at radius 1 is 1.22 bits per heavy atom. The summed E-state index contributed by atoms with van der Waals surface area (Å²) in [5, 5.41) is 0.467. The van der Waals surface area contributed by atoms with Gasteiger partial charge in [0.05, 0.1) is 11.6 Å². The van der Waals surface area contributed by atoms with Gasteiger partial charge in [0.15, 0.2) is 11.6 Å². The van der Waals surface area contributed by atoms with Gasteiger partial charge in [-0.05, 0) is 12.1 Å². The number of ketones is 1. The molecule has 0 N–H and O–H groups in total. The Labute approximate surface area is 101 Å². The molecule has 0 aliphatic carbocycles. The number of carbonyl (C=O) groups is 1. The smallest absolute Gasteiger partial charge is 0.211 e. The van der Waals surface area contributed by atoms with Crippen LogP contribution in [0.3, 0.4) is 0 Å². The number of para-hydroxylation sites is 1. The van der Waals surface area contributed by atoms with Crippen LogP contribution in [-0.4, -0.2) is 16.6 Å². The van der Waals surface area contributed by atoms with Crippen LogP contribution in [0.25, 0.3) is 17.1 Å². The van der Waals surface area contributed by atoms with Gasteiger partial charge in [0, 0.05) is 6.20 Å². The predicted molar refractivity (Wildman–Crippen MR) is 66.6 cm³/mol. The Hall–Kier alpha value is -2.69. The van der Waals surface area contributed by atoms with Gasteiger partial charge >= 0.3 is 0 Å². The SMILES string of the molecule is O=C1C=Nc2c1c(=O)c1cccc3c1n2C=CO3. The molecule has 0 fully saturated rings. The molecule has 0 radical (unpaired) electrons. The van der Waals surface area contributed by atoms with Crippen LogP contribution in [0.1, 0.15) is 10.4 Å². The van der Waals surface area contributed by atoms with E-state index < -0.39 is 0 Å². The zero-order valence-corrected chi connectivity index (χ0v) is 9.08. The Balaban J connectivity index is 2.35. The molecular weight excluding hydrogens is 232 g/mol. The molecule has 18 heavy (non-hydrogen) atoms. The minimum Gasteiger partial charge on any atom is -0.461 e. The molecule has 1 aromatic carbocycles. The number of aliphatic imine (C=N–C) groups is 1. The lowest BCUT2D eigenvalue weighted by atomic mass is 10.1. The molecule has 0 spiro atoms. The second-order valence-corrected chi connectivity index (χ2v) is 4.08. The summed E-state index contributed by atoms with van der Waals surface area (Å²) in [4.78, 5) is 28.0. The molecule has 2 aliphatic heterocycles. The number of nitrogens with zero attached hydrogens (tertiary/aromatic N) is 2. The molecule has 0 saturated carbocycles. The van der Waals surface area contributed by atoms with Gasteiger partial charge < -0.3 is 4.74 Å². The van der Waals surface area contributed by atoms with Crippen LogP contribution in [0.15, 0.2) is 34.2 Å². The highest BCUT2D eigenvalue weighted by molar-refractivity contribution is 6.40. The molecule has 86 valence electrons. The van der Waals surface area contributed by atoms with Gasteiger partial charge in [0.2, 0.25) is 11.2 Å². The number of rotatable bonds is 0. The number of pyridine rings is 1. The van der Waals surface area contributed by atoms with E-state index in [-0.39, 0.29) is 16.8 Å². The van der Waals surface area contributed by atoms with E-state index in [1.54, 1.807) is 29.0 Å². The van der Waals surface area contributed by atoms with E-state index in [0.29, 0.717) is 22.5 Å². The molecule has 5 heteroatoms. The standard InChI is InChI=1S/C13H6N2O3/c16-8-6-14-13-10(8)12(17)7-2-1-3-9-11(7)15(13)4-5-18-9/h1-6H. The van der Waals surface area contributed by atoms with Crippen molar-refractivity contribution in [2.24, 2.45) is 4.99 Å². The van der Waals surface area contributed by atoms with Gasteiger partial charge in [-0.3, -0.25) is 14.2 Å². The van der Waals surface area contributed by atoms with Crippen molar-refractivity contribution in [3.05, 3.63) is 40.2 Å². The fraction of sp³-hybridized carbons (Fsp3) is 0. The van der Waals surface area contributed by atoms with Crippen LogP contribution in [0.5, 0.6) is 5.75 Å². The van der Waals surface area contributed by atoms with E-state index in [9.17, 15) is 9.59 Å². The summed E-state index contributed by atoms with van der Waals surface area (Å²) in [6.45, 7) is 0. The molecule has 0 atom stereocenters. The first-order valence-electron chi connectivity index (χ1n) is 5.40. The van der Waals surface area contributed by atoms with Gasteiger partial charge in [0.25, 0.3) is 0 Å². The highest BCUT2D eigenvalue weighted by atomic mass is 16.5. The van der Waals surface area contributed by atoms with Crippen LogP contribution >= 0.6 is 0 Å². The average Bonchev–Trinajstić information content (AvgIpc) is 2.78. The van der Waals surface area contributed by atoms with Gasteiger partial charge in [-0.2, -0.15) is 0 Å². The quantitative estimate of drug-likeness (QED) is 0.702. The topological polar surface area (TPSA) is 60.7 Å². The first-order valence-corrected chi connectivity index (χ1v) is 5.40. The third kappa shape index (κ3) is 0.940. The zero-order chi connectivity index (χ0) is 12.3. The lowest BCUT2D eigenvalue weighted by Gasteiger charge is -2.16. The van der Waals surface area contributed by atoms with Gasteiger partial charge in [-0.1, -0.05) is 6.07 Å². The number of aromatic nitrogens is 1. The highest BCUT2D eigenvalue weighted by Crippen LogP contribution is 2.34. The van der Waals surface area contributed by atoms with Gasteiger partial charge in [0.1, 0.15) is 17.3 Å². The van der Waals surface area contributed by atoms with Crippen molar-refractivity contribution in [3.8, 4) is 5.75 Å². The fourth-order valence-corrected chi connectivity index (χ4v) is 2.35. The molecule has 0 saturated heterocycles. The molecular formula is C13H6N2O3. The zero-order valence-electron chi connectivity index (χ0n) is 9.08. The lowest BCUT2D eigenvalue weighted by molar-refractivity contribution is 0.107. The van der Waals surface area contributed by atoms with Crippen LogP contribution in [0.4, 0.5) is 5.82 Å². The average molecular weight is 238 g/mol. The van der Waals surface area contributed by atoms with Crippen molar-refractivity contribution in [1.82, 2.24) is 4.57 Å². The summed E-state index contributed by atoms with van der Waals surface area (Å²) in [7, 11) is 0. The van der Waals surface area contributed by atoms with E-state index in [1.807, 2.05) is 0 Å². The molecule has 1 aromatic heterocycles. The normalized spacial score (nSPS) is 15.0. The summed E-state index contributed by atoms with van der Waals surface area (Å²) in [6.07, 6.45) is 4.34. The van der Waals surface area contributed by atoms with Crippen molar-refractivity contribution in [2.75, 3.05) is 0 Å². The van der Waals surface area contributed by atoms with E-state index in [0.717, 1.165) is 0 Å². The second kappa shape index (κ2) is 2.95. The summed E-state index contributed by atoms with van der Waals surface area (Å²) in [5.41, 5.74) is 0.487. The molecule has 2 aromatic rings. The maximum absolute atomic E-state index is 12.3. The maximum atomic E-state index is 12.3. The third-order valence-electron chi connectivity index (χ3n) is 3.12. The first-order chi connectivity index (χ1) is 8.77. The number of ether oxygens (including phenoxy) is 1. The van der Waals surface area contributed by atoms with Gasteiger partial charge in [-0.15, -0.1) is 0 Å². The highest BCUT2D eigenvalue weighted by Gasteiger charge is 2.26. The molecule has 0 bridgehead atoms. The summed E-state index contributed by atoms with van der Waals surface area (Å²) < 4.78 is 7.07. The van der Waals surface area contributed by atoms with E-state index in [1.165, 1.54) is 12.5 Å². The number of Topliss-reactive ketones (excluding diaryl/α,β-unsaturated/α-hetero) is 1. The second-order valence-electron chi connectivity index (χ2n) is 4.08. The molecule has 5 nitrogen and oxygen atoms in total. The minimum absolute atomic E-state index is 0.131. The Morgan fingerprint density at radius 3 is 3.00 bits per heavy atom. The summed E-state index contributed by atoms with van der Waals surface area (Å²) >= 11 is 0. The number of hydrogen-bond acceptors (Lipinski definition) is 4. The van der Waals surface area contributed by atoms with Crippen molar-refractivity contribution < 1.29 is 9.53 Å². The summed E-state index contributed by atoms with van der Waals surface area (Å²) in [6, 6.07) is 5.19. The fourth-order valence-electron chi connectivity index (χ4n) is 2.35. The monoisotopic (exact) mass is 238 g/mol. The number of benzene rings is 1. The molecule has 4 rings (SSSR count). The first kappa shape index (κ1) is 9.35. The maximum Gasteiger partial charge on any atom is 0.211 e. The van der Waals surface area contributed by atoms with Crippen molar-refractivity contribution in [3.63, 3.8) is 0 Å². The number of hydrogen-bond donors (Lipinski definition) is 0. The minimum atomic E-state index is -0.342. The van der Waals surface area contributed by atoms with E-state index in [2.05, 4.69) is 4.99 Å². The van der Waals surface area contributed by atoms with E-state index in [4.69, 9.17) is 4.74 Å². The van der Waals surface area contributed by atoms with Crippen molar-refractivity contribution in [1.29, 1.82) is 0 Å². The molecule has 0 amide bonds. The molecule has 0 unspecified atom stereocenters. The molecule has 2 aliphatic rings. The van der Waals surface area contributed by atoms with Crippen molar-refractivity contribution >= 4 is 34.9 Å². The van der Waals surface area contributed by atoms with Crippen LogP contribution in [0, 0.1) is 0 Å². The van der Waals surface area contributed by atoms with Crippen LogP contribution in [0.2, 0.25) is 0 Å². The Bertz CT molecular complexity index is 843. The van der Waals surface area contributed by atoms with Crippen LogP contribution in [-0.2, 0) is 0 Å². The lowest BCUT2D eigenvalue weighted by Crippen LogP contribution is -2.17. The Morgan fingerprint density at radius 2 is 2.11 bits per heavy atom. The Kier molecular flexibility index (Phi) is 1.53. The van der Waals surface area contributed by atoms with E-state index >= 15 is 0 Å². The third-order valence-corrected chi connectivity index (χ3v) is 3.12. The van der Waals surface area contributed by atoms with Gasteiger partial charge in [-0.25, -0.2) is 4.99 Å². The summed E-state index contributed by atoms with van der Waals surface area (Å²) in [5.74, 6) is 0.625. The number of carbonyl (C=O) groups excluding carboxylic acids is 1. The molecule has 3 heterocycles. The number of fused-ring (bicyclic) bond motifs is 2. The van der Waals surface area contributed by atoms with Crippen molar-refractivity contribution in [2.45, 2.75) is 0 Å². The predicted octanol–water partition coefficient (Wildman–Crippen LogP) is 1.72. The van der Waals surface area contributed by atoms with Crippen LogP contribution < -0.4 is 10.2 Å².